The van der Waals surface area contributed by atoms with Gasteiger partial charge in [-0.2, -0.15) is 4.98 Å². The molecule has 3 heterocycles. The fourth-order valence-corrected chi connectivity index (χ4v) is 10.7. The van der Waals surface area contributed by atoms with Crippen LogP contribution in [0.5, 0.6) is 5.75 Å². The Morgan fingerprint density at radius 1 is 0.883 bits per heavy atom. The van der Waals surface area contributed by atoms with Gasteiger partial charge in [-0.1, -0.05) is 68.8 Å². The Bertz CT molecular complexity index is 2880. The molecule has 0 saturated carbocycles. The van der Waals surface area contributed by atoms with Crippen molar-refractivity contribution in [1.82, 2.24) is 35.8 Å². The smallest absolute Gasteiger partial charge is 0.246 e. The summed E-state index contributed by atoms with van der Waals surface area (Å²) in [6.07, 6.45) is 1.41. The van der Waals surface area contributed by atoms with E-state index in [1.165, 1.54) is 11.1 Å². The highest BCUT2D eigenvalue weighted by molar-refractivity contribution is 7.92. The van der Waals surface area contributed by atoms with Crippen molar-refractivity contribution in [2.75, 3.05) is 77.0 Å². The third kappa shape index (κ3) is 16.9. The van der Waals surface area contributed by atoms with E-state index in [1.807, 2.05) is 83.5 Å². The van der Waals surface area contributed by atoms with Gasteiger partial charge in [0, 0.05) is 25.9 Å². The second-order valence-electron chi connectivity index (χ2n) is 20.2. The van der Waals surface area contributed by atoms with E-state index in [0.29, 0.717) is 56.6 Å². The van der Waals surface area contributed by atoms with Gasteiger partial charge in [-0.25, -0.2) is 18.4 Å². The van der Waals surface area contributed by atoms with Crippen LogP contribution in [0.3, 0.4) is 0 Å². The zero-order valence-electron chi connectivity index (χ0n) is 45.4. The predicted octanol–water partition coefficient (Wildman–Crippen LogP) is 7.49. The lowest BCUT2D eigenvalue weighted by Crippen LogP contribution is -2.58. The minimum atomic E-state index is -3.58. The molecule has 6 N–H and O–H groups in total. The minimum absolute atomic E-state index is 0.0166. The number of halogens is 1. The SMILES string of the molecule is COc1cc(CCNCCOCCOCCOCCC(=O)N[C@H](C(=O)N2C[C@H](O)C[C@H]2C(=O)N[C@@H](C)c2ccc(-c3scnc3C)cc2)C(C)(C)C)c(C)cc1Nc1ncc(Cl)c(Nc2ccccc2S(=O)(=O)C(C)C)n1. The Labute approximate surface area is 461 Å². The molecule has 4 atom stereocenters. The molecule has 0 radical (unpaired) electrons. The number of hydrogen-bond donors (Lipinski definition) is 6. The molecule has 2 aromatic heterocycles. The molecule has 0 spiro atoms. The van der Waals surface area contributed by atoms with Crippen LogP contribution in [-0.4, -0.2) is 141 Å². The molecule has 1 fully saturated rings. The second-order valence-corrected chi connectivity index (χ2v) is 23.9. The van der Waals surface area contributed by atoms with Crippen LogP contribution in [0.2, 0.25) is 5.02 Å². The Morgan fingerprint density at radius 2 is 1.57 bits per heavy atom. The number of β-amino-alcohol motifs (C(OH)–C–C–N with tert-alkyl or cyclic N) is 1. The molecule has 1 aliphatic rings. The van der Waals surface area contributed by atoms with Crippen LogP contribution in [-0.2, 0) is 44.9 Å². The highest BCUT2D eigenvalue weighted by Crippen LogP contribution is 2.34. The molecular weight excluding hydrogens is 1050 g/mol. The number of sulfone groups is 1. The maximum Gasteiger partial charge on any atom is 0.246 e. The number of nitrogens with zero attached hydrogens (tertiary/aromatic N) is 4. The summed E-state index contributed by atoms with van der Waals surface area (Å²) in [6.45, 7) is 17.9. The van der Waals surface area contributed by atoms with E-state index >= 15 is 0 Å². The highest BCUT2D eigenvalue weighted by Gasteiger charge is 2.44. The van der Waals surface area contributed by atoms with Crippen molar-refractivity contribution < 1.29 is 46.9 Å². The van der Waals surface area contributed by atoms with Gasteiger partial charge in [0.25, 0.3) is 0 Å². The van der Waals surface area contributed by atoms with E-state index in [9.17, 15) is 27.9 Å². The first-order valence-electron chi connectivity index (χ1n) is 25.8. The maximum atomic E-state index is 14.1. The molecule has 19 nitrogen and oxygen atoms in total. The summed E-state index contributed by atoms with van der Waals surface area (Å²) >= 11 is 8.02. The van der Waals surface area contributed by atoms with Gasteiger partial charge in [0.1, 0.15) is 22.9 Å². The summed E-state index contributed by atoms with van der Waals surface area (Å²) in [5, 5.41) is 25.8. The first-order valence-corrected chi connectivity index (χ1v) is 28.6. The van der Waals surface area contributed by atoms with Crippen LogP contribution in [0, 0.1) is 19.3 Å². The topological polar surface area (TPSA) is 245 Å². The van der Waals surface area contributed by atoms with E-state index in [2.05, 4.69) is 41.5 Å². The largest absolute Gasteiger partial charge is 0.495 e. The first kappa shape index (κ1) is 60.4. The van der Waals surface area contributed by atoms with Crippen LogP contribution in [0.4, 0.5) is 23.1 Å². The lowest BCUT2D eigenvalue weighted by molar-refractivity contribution is -0.144. The van der Waals surface area contributed by atoms with Crippen LogP contribution in [0.1, 0.15) is 82.8 Å². The number of methoxy groups -OCH3 is 1. The molecule has 0 bridgehead atoms. The predicted molar refractivity (Wildman–Crippen MR) is 300 cm³/mol. The van der Waals surface area contributed by atoms with Gasteiger partial charge in [0.15, 0.2) is 15.7 Å². The standard InChI is InChI=1S/C55H74ClN9O10S2/c1-34(2)77(70,71)47-13-11-10-12-43(47)61-51-42(56)31-58-54(64-51)62-44-28-35(3)40(29-46(44)72-9)18-20-57-21-23-74-25-27-75-26-24-73-22-19-48(67)63-50(55(6,7)8)53(69)65-32-41(66)30-45(65)52(68)60-36(4)38-14-16-39(17-15-38)49-37(5)59-33-76-49/h10-17,28-29,31,33-34,36,41,45,50,57,66H,18-27,30,32H2,1-9H3,(H,60,68)(H,63,67)(H2,58,61,62,64)/t36-,41+,45-,50+/m0/s1. The maximum absolute atomic E-state index is 14.1. The zero-order valence-corrected chi connectivity index (χ0v) is 47.8. The Balaban J connectivity index is 0.841. The van der Waals surface area contributed by atoms with Crippen molar-refractivity contribution in [3.63, 3.8) is 0 Å². The van der Waals surface area contributed by atoms with Gasteiger partial charge >= 0.3 is 0 Å². The Morgan fingerprint density at radius 3 is 2.23 bits per heavy atom. The first-order chi connectivity index (χ1) is 36.7. The summed E-state index contributed by atoms with van der Waals surface area (Å²) in [4.78, 5) is 56.7. The lowest BCUT2D eigenvalue weighted by atomic mass is 9.85. The third-order valence-electron chi connectivity index (χ3n) is 13.0. The molecule has 77 heavy (non-hydrogen) atoms. The number of amides is 3. The molecule has 0 unspecified atom stereocenters. The number of para-hydroxylation sites is 1. The van der Waals surface area contributed by atoms with Crippen molar-refractivity contribution >= 4 is 73.6 Å². The number of anilines is 4. The summed E-state index contributed by atoms with van der Waals surface area (Å²) in [7, 11) is -2.00. The Kier molecular flexibility index (Phi) is 22.1. The fourth-order valence-electron chi connectivity index (χ4n) is 8.55. The summed E-state index contributed by atoms with van der Waals surface area (Å²) in [6, 6.07) is 16.3. The van der Waals surface area contributed by atoms with Gasteiger partial charge in [0.05, 0.1) is 103 Å². The molecule has 1 aliphatic heterocycles. The molecular formula is C55H74ClN9O10S2. The van der Waals surface area contributed by atoms with Gasteiger partial charge < -0.3 is 55.5 Å². The van der Waals surface area contributed by atoms with E-state index in [1.54, 1.807) is 56.6 Å². The van der Waals surface area contributed by atoms with Crippen molar-refractivity contribution in [3.8, 4) is 16.2 Å². The van der Waals surface area contributed by atoms with Crippen molar-refractivity contribution in [2.45, 2.75) is 109 Å². The molecule has 6 rings (SSSR count). The normalized spacial score (nSPS) is 15.6. The average Bonchev–Trinajstić information content (AvgIpc) is 4.02. The number of aromatic nitrogens is 3. The number of rotatable bonds is 28. The highest BCUT2D eigenvalue weighted by atomic mass is 35.5. The van der Waals surface area contributed by atoms with Crippen LogP contribution in [0.25, 0.3) is 10.4 Å². The number of likely N-dealkylation sites (tertiary alicyclic amines) is 1. The van der Waals surface area contributed by atoms with Crippen LogP contribution < -0.4 is 31.3 Å². The molecule has 5 aromatic rings. The molecule has 1 saturated heterocycles. The van der Waals surface area contributed by atoms with Crippen molar-refractivity contribution in [2.24, 2.45) is 5.41 Å². The van der Waals surface area contributed by atoms with E-state index in [-0.39, 0.29) is 72.1 Å². The van der Waals surface area contributed by atoms with E-state index in [0.717, 1.165) is 39.2 Å². The molecule has 418 valence electrons. The number of ether oxygens (including phenoxy) is 4. The fraction of sp³-hybridized carbons (Fsp3) is 0.491. The van der Waals surface area contributed by atoms with E-state index < -0.39 is 44.6 Å². The van der Waals surface area contributed by atoms with Crippen LogP contribution in [0.15, 0.2) is 77.3 Å². The van der Waals surface area contributed by atoms with Gasteiger partial charge in [0.2, 0.25) is 23.7 Å². The second kappa shape index (κ2) is 28.2. The van der Waals surface area contributed by atoms with Gasteiger partial charge in [-0.05, 0) is 99.5 Å². The van der Waals surface area contributed by atoms with Gasteiger partial charge in [-0.3, -0.25) is 14.4 Å². The number of aryl methyl sites for hydroxylation is 2. The summed E-state index contributed by atoms with van der Waals surface area (Å²) in [5.41, 5.74) is 7.15. The molecule has 3 amide bonds. The van der Waals surface area contributed by atoms with Crippen LogP contribution >= 0.6 is 22.9 Å². The van der Waals surface area contributed by atoms with E-state index in [4.69, 9.17) is 30.5 Å². The number of thiazole rings is 1. The lowest BCUT2D eigenvalue weighted by Gasteiger charge is -2.35. The number of carbonyl (C=O) groups excluding carboxylic acids is 3. The van der Waals surface area contributed by atoms with Crippen molar-refractivity contribution in [1.29, 1.82) is 0 Å². The number of carbonyl (C=O) groups is 3. The number of nitrogens with one attached hydrogen (secondary N) is 5. The quantitative estimate of drug-likeness (QED) is 0.0266. The number of aliphatic hydroxyl groups is 1. The molecule has 3 aromatic carbocycles. The summed E-state index contributed by atoms with van der Waals surface area (Å²) < 4.78 is 48.8. The minimum Gasteiger partial charge on any atom is -0.495 e. The Hall–Kier alpha value is -5.78. The van der Waals surface area contributed by atoms with Gasteiger partial charge in [-0.15, -0.1) is 11.3 Å². The zero-order chi connectivity index (χ0) is 55.9. The third-order valence-corrected chi connectivity index (χ3v) is 16.5. The monoisotopic (exact) mass is 1120 g/mol. The molecule has 0 aliphatic carbocycles. The summed E-state index contributed by atoms with van der Waals surface area (Å²) in [5.74, 6) is -0.101. The average molecular weight is 1120 g/mol. The number of aliphatic hydroxyl groups excluding tert-OH is 1. The van der Waals surface area contributed by atoms with Crippen molar-refractivity contribution in [3.05, 3.63) is 99.8 Å². The molecule has 22 heteroatoms. The number of benzene rings is 3. The number of hydrogen-bond acceptors (Lipinski definition) is 17.